The van der Waals surface area contributed by atoms with E-state index >= 15 is 0 Å². The molecule has 3 aromatic carbocycles. The van der Waals surface area contributed by atoms with Crippen LogP contribution in [0.5, 0.6) is 5.75 Å². The number of nitrogens with zero attached hydrogens (tertiary/aromatic N) is 2. The third-order valence-corrected chi connectivity index (χ3v) is 7.47. The topological polar surface area (TPSA) is 69.9 Å². The molecule has 1 aliphatic rings. The molecule has 0 fully saturated rings. The first-order valence-electron chi connectivity index (χ1n) is 11.4. The van der Waals surface area contributed by atoms with Crippen LogP contribution in [-0.4, -0.2) is 24.3 Å². The van der Waals surface area contributed by atoms with Crippen molar-refractivity contribution in [3.8, 4) is 5.75 Å². The lowest BCUT2D eigenvalue weighted by atomic mass is 9.96. The molecular weight excluding hydrogens is 496 g/mol. The van der Waals surface area contributed by atoms with E-state index in [0.717, 1.165) is 16.3 Å². The summed E-state index contributed by atoms with van der Waals surface area (Å²) in [5, 5.41) is 2.45. The Morgan fingerprint density at radius 3 is 2.64 bits per heavy atom. The third-order valence-electron chi connectivity index (χ3n) is 6.14. The maximum absolute atomic E-state index is 13.9. The molecule has 6 nitrogen and oxygen atoms in total. The van der Waals surface area contributed by atoms with Crippen molar-refractivity contribution in [3.05, 3.63) is 108 Å². The Bertz CT molecular complexity index is 1720. The van der Waals surface area contributed by atoms with Crippen molar-refractivity contribution >= 4 is 45.8 Å². The molecule has 0 saturated heterocycles. The second-order valence-corrected chi connectivity index (χ2v) is 9.64. The van der Waals surface area contributed by atoms with Crippen molar-refractivity contribution in [2.24, 2.45) is 4.99 Å². The zero-order valence-corrected chi connectivity index (χ0v) is 21.5. The highest BCUT2D eigenvalue weighted by atomic mass is 35.5. The van der Waals surface area contributed by atoms with E-state index in [0.29, 0.717) is 36.9 Å². The summed E-state index contributed by atoms with van der Waals surface area (Å²) in [6.07, 6.45) is 1.83. The van der Waals surface area contributed by atoms with Gasteiger partial charge in [0.05, 0.1) is 29.5 Å². The second kappa shape index (κ2) is 9.76. The zero-order chi connectivity index (χ0) is 25.4. The van der Waals surface area contributed by atoms with Gasteiger partial charge < -0.3 is 9.47 Å². The summed E-state index contributed by atoms with van der Waals surface area (Å²) in [7, 11) is 1.61. The fourth-order valence-electron chi connectivity index (χ4n) is 4.52. The summed E-state index contributed by atoms with van der Waals surface area (Å²) in [6, 6.07) is 18.2. The first-order chi connectivity index (χ1) is 17.4. The molecule has 0 aliphatic carbocycles. The maximum atomic E-state index is 13.9. The predicted molar refractivity (Wildman–Crippen MR) is 142 cm³/mol. The summed E-state index contributed by atoms with van der Waals surface area (Å²) >= 11 is 7.83. The van der Waals surface area contributed by atoms with Crippen LogP contribution in [-0.2, 0) is 9.53 Å². The van der Waals surface area contributed by atoms with Gasteiger partial charge in [-0.1, -0.05) is 71.5 Å². The number of fused-ring (bicyclic) bond motifs is 2. The summed E-state index contributed by atoms with van der Waals surface area (Å²) in [5.74, 6) is 0.138. The molecule has 1 unspecified atom stereocenters. The van der Waals surface area contributed by atoms with E-state index in [1.165, 1.54) is 15.9 Å². The number of hydrogen-bond donors (Lipinski definition) is 0. The quantitative estimate of drug-likeness (QED) is 0.362. The molecule has 4 aromatic rings. The van der Waals surface area contributed by atoms with E-state index in [-0.39, 0.29) is 12.2 Å². The molecule has 1 aliphatic heterocycles. The third kappa shape index (κ3) is 4.04. The number of esters is 1. The maximum Gasteiger partial charge on any atom is 0.338 e. The first-order valence-corrected chi connectivity index (χ1v) is 12.6. The SMILES string of the molecule is CCOC(=O)C1=C(C)N=c2s/c(=C\c3c(OC)ccc4ccccc34)c(=O)n2C1c1ccccc1Cl. The molecule has 2 heterocycles. The van der Waals surface area contributed by atoms with Crippen LogP contribution in [0.25, 0.3) is 16.8 Å². The minimum absolute atomic E-state index is 0.205. The van der Waals surface area contributed by atoms with Crippen molar-refractivity contribution in [3.63, 3.8) is 0 Å². The number of carbonyl (C=O) groups is 1. The standard InChI is InChI=1S/C28H23ClN2O4S/c1-4-35-27(33)24-16(2)30-28-31(25(24)19-11-7-8-12-21(19)29)26(32)23(36-28)15-20-18-10-6-5-9-17(18)13-14-22(20)34-3/h5-15,25H,4H2,1-3H3/b23-15-. The van der Waals surface area contributed by atoms with Crippen LogP contribution >= 0.6 is 22.9 Å². The highest BCUT2D eigenvalue weighted by molar-refractivity contribution is 7.07. The van der Waals surface area contributed by atoms with E-state index in [2.05, 4.69) is 4.99 Å². The Morgan fingerprint density at radius 2 is 1.89 bits per heavy atom. The van der Waals surface area contributed by atoms with Crippen LogP contribution in [0.2, 0.25) is 5.02 Å². The average Bonchev–Trinajstić information content (AvgIpc) is 3.18. The van der Waals surface area contributed by atoms with Crippen LogP contribution in [0.1, 0.15) is 31.0 Å². The molecule has 182 valence electrons. The Labute approximate surface area is 216 Å². The van der Waals surface area contributed by atoms with Crippen LogP contribution in [0.3, 0.4) is 0 Å². The summed E-state index contributed by atoms with van der Waals surface area (Å²) < 4.78 is 13.0. The van der Waals surface area contributed by atoms with Gasteiger partial charge in [0.1, 0.15) is 11.8 Å². The molecule has 5 rings (SSSR count). The fraction of sp³-hybridized carbons (Fsp3) is 0.179. The molecule has 36 heavy (non-hydrogen) atoms. The lowest BCUT2D eigenvalue weighted by Crippen LogP contribution is -2.40. The number of ether oxygens (including phenoxy) is 2. The van der Waals surface area contributed by atoms with E-state index in [4.69, 9.17) is 21.1 Å². The summed E-state index contributed by atoms with van der Waals surface area (Å²) in [4.78, 5) is 32.1. The van der Waals surface area contributed by atoms with Crippen molar-refractivity contribution in [2.75, 3.05) is 13.7 Å². The van der Waals surface area contributed by atoms with Crippen LogP contribution in [0.15, 0.2) is 81.7 Å². The van der Waals surface area contributed by atoms with Crippen molar-refractivity contribution in [1.82, 2.24) is 4.57 Å². The van der Waals surface area contributed by atoms with Gasteiger partial charge in [0, 0.05) is 10.6 Å². The molecular formula is C28H23ClN2O4S. The predicted octanol–water partition coefficient (Wildman–Crippen LogP) is 4.61. The highest BCUT2D eigenvalue weighted by Crippen LogP contribution is 2.34. The molecule has 1 atom stereocenters. The molecule has 0 radical (unpaired) electrons. The molecule has 0 spiro atoms. The van der Waals surface area contributed by atoms with Gasteiger partial charge in [-0.05, 0) is 48.4 Å². The Balaban J connectivity index is 1.80. The van der Waals surface area contributed by atoms with E-state index in [9.17, 15) is 9.59 Å². The lowest BCUT2D eigenvalue weighted by Gasteiger charge is -2.25. The number of thiazole rings is 1. The molecule has 0 bridgehead atoms. The smallest absolute Gasteiger partial charge is 0.338 e. The second-order valence-electron chi connectivity index (χ2n) is 8.23. The number of methoxy groups -OCH3 is 1. The minimum Gasteiger partial charge on any atom is -0.496 e. The van der Waals surface area contributed by atoms with Crippen molar-refractivity contribution in [2.45, 2.75) is 19.9 Å². The number of hydrogen-bond acceptors (Lipinski definition) is 6. The lowest BCUT2D eigenvalue weighted by molar-refractivity contribution is -0.139. The van der Waals surface area contributed by atoms with Crippen LogP contribution in [0.4, 0.5) is 0 Å². The number of carbonyl (C=O) groups excluding carboxylic acids is 1. The largest absolute Gasteiger partial charge is 0.496 e. The minimum atomic E-state index is -0.759. The van der Waals surface area contributed by atoms with Gasteiger partial charge in [-0.15, -0.1) is 0 Å². The molecule has 0 saturated carbocycles. The zero-order valence-electron chi connectivity index (χ0n) is 19.9. The molecule has 1 aromatic heterocycles. The molecule has 8 heteroatoms. The Morgan fingerprint density at radius 1 is 1.14 bits per heavy atom. The number of benzene rings is 3. The summed E-state index contributed by atoms with van der Waals surface area (Å²) in [5.41, 5.74) is 1.96. The van der Waals surface area contributed by atoms with Gasteiger partial charge in [-0.3, -0.25) is 9.36 Å². The van der Waals surface area contributed by atoms with E-state index in [1.807, 2.05) is 60.7 Å². The van der Waals surface area contributed by atoms with E-state index in [1.54, 1.807) is 27.0 Å². The van der Waals surface area contributed by atoms with Gasteiger partial charge in [0.2, 0.25) is 0 Å². The normalized spacial score (nSPS) is 15.6. The van der Waals surface area contributed by atoms with Gasteiger partial charge in [-0.2, -0.15) is 0 Å². The van der Waals surface area contributed by atoms with Crippen molar-refractivity contribution < 1.29 is 14.3 Å². The number of halogens is 1. The Hall–Kier alpha value is -3.68. The number of allylic oxidation sites excluding steroid dienone is 1. The van der Waals surface area contributed by atoms with Gasteiger partial charge in [0.15, 0.2) is 4.80 Å². The number of aromatic nitrogens is 1. The van der Waals surface area contributed by atoms with Gasteiger partial charge in [-0.25, -0.2) is 9.79 Å². The Kier molecular flexibility index (Phi) is 6.51. The van der Waals surface area contributed by atoms with Crippen LogP contribution < -0.4 is 19.6 Å². The fourth-order valence-corrected chi connectivity index (χ4v) is 5.78. The van der Waals surface area contributed by atoms with Gasteiger partial charge >= 0.3 is 5.97 Å². The monoisotopic (exact) mass is 518 g/mol. The molecule has 0 amide bonds. The van der Waals surface area contributed by atoms with Crippen LogP contribution in [0, 0.1) is 0 Å². The highest BCUT2D eigenvalue weighted by Gasteiger charge is 2.34. The first kappa shape index (κ1) is 24.0. The summed E-state index contributed by atoms with van der Waals surface area (Å²) in [6.45, 7) is 3.70. The number of rotatable bonds is 5. The average molecular weight is 519 g/mol. The van der Waals surface area contributed by atoms with E-state index < -0.39 is 12.0 Å². The molecule has 0 N–H and O–H groups in total. The van der Waals surface area contributed by atoms with Crippen molar-refractivity contribution in [1.29, 1.82) is 0 Å². The van der Waals surface area contributed by atoms with Gasteiger partial charge in [0.25, 0.3) is 5.56 Å².